The molecule has 0 fully saturated rings. The first-order valence-electron chi connectivity index (χ1n) is 10.7. The van der Waals surface area contributed by atoms with Gasteiger partial charge in [0.25, 0.3) is 0 Å². The summed E-state index contributed by atoms with van der Waals surface area (Å²) < 4.78 is 5.18. The first-order chi connectivity index (χ1) is 16.1. The van der Waals surface area contributed by atoms with E-state index in [-0.39, 0.29) is 18.1 Å². The van der Waals surface area contributed by atoms with Gasteiger partial charge in [-0.15, -0.1) is 0 Å². The highest BCUT2D eigenvalue weighted by Crippen LogP contribution is 2.32. The fourth-order valence-corrected chi connectivity index (χ4v) is 3.61. The summed E-state index contributed by atoms with van der Waals surface area (Å²) in [7, 11) is 1.62. The van der Waals surface area contributed by atoms with E-state index in [0.29, 0.717) is 0 Å². The number of phenols is 1. The number of carbonyl (C=O) groups is 1. The molecule has 0 unspecified atom stereocenters. The maximum Gasteiger partial charge on any atom is 0.228 e. The first kappa shape index (κ1) is 21.9. The molecule has 4 heteroatoms. The molecule has 4 rings (SSSR count). The molecule has 4 aromatic carbocycles. The predicted molar refractivity (Wildman–Crippen MR) is 134 cm³/mol. The summed E-state index contributed by atoms with van der Waals surface area (Å²) in [5.41, 5.74) is 5.68. The maximum atomic E-state index is 12.8. The van der Waals surface area contributed by atoms with Crippen LogP contribution in [0.4, 0.5) is 5.69 Å². The van der Waals surface area contributed by atoms with Crippen LogP contribution in [0, 0.1) is 0 Å². The van der Waals surface area contributed by atoms with Crippen LogP contribution in [0.25, 0.3) is 23.3 Å². The Kier molecular flexibility index (Phi) is 6.86. The molecule has 0 saturated carbocycles. The molecule has 0 saturated heterocycles. The molecule has 0 aliphatic heterocycles. The van der Waals surface area contributed by atoms with Gasteiger partial charge in [0, 0.05) is 11.3 Å². The third-order valence-electron chi connectivity index (χ3n) is 5.32. The highest BCUT2D eigenvalue weighted by Gasteiger charge is 2.11. The molecule has 0 heterocycles. The van der Waals surface area contributed by atoms with Gasteiger partial charge in [-0.05, 0) is 52.6 Å². The average Bonchev–Trinajstić information content (AvgIpc) is 2.85. The lowest BCUT2D eigenvalue weighted by atomic mass is 9.97. The van der Waals surface area contributed by atoms with E-state index in [2.05, 4.69) is 5.32 Å². The largest absolute Gasteiger partial charge is 0.508 e. The number of anilines is 1. The Morgan fingerprint density at radius 3 is 2.21 bits per heavy atom. The van der Waals surface area contributed by atoms with Crippen molar-refractivity contribution in [1.29, 1.82) is 0 Å². The topological polar surface area (TPSA) is 58.6 Å². The molecule has 0 aliphatic carbocycles. The fourth-order valence-electron chi connectivity index (χ4n) is 3.61. The number of nitrogens with one attached hydrogen (secondary N) is 1. The third kappa shape index (κ3) is 5.69. The summed E-state index contributed by atoms with van der Waals surface area (Å²) in [4.78, 5) is 12.8. The van der Waals surface area contributed by atoms with Crippen molar-refractivity contribution in [2.45, 2.75) is 6.42 Å². The van der Waals surface area contributed by atoms with Crippen molar-refractivity contribution < 1.29 is 14.6 Å². The van der Waals surface area contributed by atoms with Gasteiger partial charge in [0.2, 0.25) is 5.91 Å². The van der Waals surface area contributed by atoms with E-state index in [1.165, 1.54) is 0 Å². The standard InChI is InChI=1S/C29H25NO3/c1-33-25-18-13-22(14-19-25)20-29(32)30-28-9-5-4-8-27(28)26-7-3-2-6-23(26)15-10-21-11-16-24(31)17-12-21/h2-19,31H,20H2,1H3,(H,30,32)/b15-10+. The number of para-hydroxylation sites is 1. The highest BCUT2D eigenvalue weighted by atomic mass is 16.5. The molecule has 0 radical (unpaired) electrons. The number of aromatic hydroxyl groups is 1. The van der Waals surface area contributed by atoms with Crippen LogP contribution in [-0.4, -0.2) is 18.1 Å². The lowest BCUT2D eigenvalue weighted by molar-refractivity contribution is -0.115. The van der Waals surface area contributed by atoms with Gasteiger partial charge in [0.1, 0.15) is 11.5 Å². The maximum absolute atomic E-state index is 12.8. The minimum atomic E-state index is -0.0790. The second kappa shape index (κ2) is 10.3. The summed E-state index contributed by atoms with van der Waals surface area (Å²) in [6.07, 6.45) is 4.32. The molecule has 4 nitrogen and oxygen atoms in total. The molecule has 0 spiro atoms. The van der Waals surface area contributed by atoms with E-state index in [9.17, 15) is 9.90 Å². The number of amides is 1. The van der Waals surface area contributed by atoms with E-state index in [0.717, 1.165) is 39.3 Å². The van der Waals surface area contributed by atoms with Crippen molar-refractivity contribution in [2.75, 3.05) is 12.4 Å². The van der Waals surface area contributed by atoms with Gasteiger partial charge in [-0.2, -0.15) is 0 Å². The smallest absolute Gasteiger partial charge is 0.228 e. The van der Waals surface area contributed by atoms with E-state index in [1.54, 1.807) is 19.2 Å². The number of hydrogen-bond donors (Lipinski definition) is 2. The van der Waals surface area contributed by atoms with Gasteiger partial charge in [-0.25, -0.2) is 0 Å². The number of hydrogen-bond acceptors (Lipinski definition) is 3. The van der Waals surface area contributed by atoms with Gasteiger partial charge in [-0.3, -0.25) is 4.79 Å². The van der Waals surface area contributed by atoms with Crippen molar-refractivity contribution in [1.82, 2.24) is 0 Å². The average molecular weight is 436 g/mol. The fraction of sp³-hybridized carbons (Fsp3) is 0.0690. The molecular formula is C29H25NO3. The van der Waals surface area contributed by atoms with E-state index >= 15 is 0 Å². The Bertz CT molecular complexity index is 1260. The second-order valence-electron chi connectivity index (χ2n) is 7.63. The minimum absolute atomic E-state index is 0.0790. The number of ether oxygens (including phenoxy) is 1. The van der Waals surface area contributed by atoms with Crippen LogP contribution < -0.4 is 10.1 Å². The first-order valence-corrected chi connectivity index (χ1v) is 10.7. The molecule has 0 atom stereocenters. The normalized spacial score (nSPS) is 10.8. The second-order valence-corrected chi connectivity index (χ2v) is 7.63. The molecule has 0 aliphatic rings. The lowest BCUT2D eigenvalue weighted by Gasteiger charge is -2.14. The summed E-state index contributed by atoms with van der Waals surface area (Å²) in [5.74, 6) is 0.929. The quantitative estimate of drug-likeness (QED) is 0.329. The number of phenolic OH excluding ortho intramolecular Hbond substituents is 1. The van der Waals surface area contributed by atoms with Crippen LogP contribution in [0.5, 0.6) is 11.5 Å². The zero-order chi connectivity index (χ0) is 23.0. The summed E-state index contributed by atoms with van der Waals surface area (Å²) in [5, 5.41) is 12.6. The van der Waals surface area contributed by atoms with Crippen LogP contribution in [0.3, 0.4) is 0 Å². The van der Waals surface area contributed by atoms with E-state index in [4.69, 9.17) is 4.74 Å². The van der Waals surface area contributed by atoms with Crippen LogP contribution in [0.2, 0.25) is 0 Å². The summed E-state index contributed by atoms with van der Waals surface area (Å²) >= 11 is 0. The highest BCUT2D eigenvalue weighted by molar-refractivity contribution is 5.97. The Morgan fingerprint density at radius 1 is 0.818 bits per heavy atom. The van der Waals surface area contributed by atoms with Crippen molar-refractivity contribution in [3.8, 4) is 22.6 Å². The molecule has 0 aromatic heterocycles. The number of methoxy groups -OCH3 is 1. The molecule has 2 N–H and O–H groups in total. The predicted octanol–water partition coefficient (Wildman–Crippen LogP) is 6.42. The Hall–Kier alpha value is -4.31. The van der Waals surface area contributed by atoms with Crippen molar-refractivity contribution in [3.05, 3.63) is 114 Å². The van der Waals surface area contributed by atoms with Gasteiger partial charge in [0.15, 0.2) is 0 Å². The van der Waals surface area contributed by atoms with Crippen LogP contribution in [0.1, 0.15) is 16.7 Å². The molecule has 164 valence electrons. The third-order valence-corrected chi connectivity index (χ3v) is 5.32. The molecule has 0 bridgehead atoms. The molecule has 4 aromatic rings. The van der Waals surface area contributed by atoms with Gasteiger partial charge >= 0.3 is 0 Å². The number of carbonyl (C=O) groups excluding carboxylic acids is 1. The van der Waals surface area contributed by atoms with Gasteiger partial charge in [-0.1, -0.05) is 78.9 Å². The Balaban J connectivity index is 1.57. The Labute approximate surface area is 193 Å². The van der Waals surface area contributed by atoms with Gasteiger partial charge in [0.05, 0.1) is 13.5 Å². The molecule has 33 heavy (non-hydrogen) atoms. The van der Waals surface area contributed by atoms with Crippen molar-refractivity contribution >= 4 is 23.7 Å². The Morgan fingerprint density at radius 2 is 1.48 bits per heavy atom. The zero-order valence-electron chi connectivity index (χ0n) is 18.4. The summed E-state index contributed by atoms with van der Waals surface area (Å²) in [6.45, 7) is 0. The van der Waals surface area contributed by atoms with E-state index in [1.807, 2.05) is 97.1 Å². The monoisotopic (exact) mass is 435 g/mol. The van der Waals surface area contributed by atoms with Crippen LogP contribution in [-0.2, 0) is 11.2 Å². The molecular weight excluding hydrogens is 410 g/mol. The minimum Gasteiger partial charge on any atom is -0.508 e. The number of rotatable bonds is 7. The van der Waals surface area contributed by atoms with Crippen LogP contribution in [0.15, 0.2) is 97.1 Å². The van der Waals surface area contributed by atoms with Crippen LogP contribution >= 0.6 is 0 Å². The van der Waals surface area contributed by atoms with E-state index < -0.39 is 0 Å². The number of benzene rings is 4. The zero-order valence-corrected chi connectivity index (χ0v) is 18.4. The SMILES string of the molecule is COc1ccc(CC(=O)Nc2ccccc2-c2ccccc2/C=C/c2ccc(O)cc2)cc1. The van der Waals surface area contributed by atoms with Crippen molar-refractivity contribution in [3.63, 3.8) is 0 Å². The van der Waals surface area contributed by atoms with Gasteiger partial charge < -0.3 is 15.2 Å². The van der Waals surface area contributed by atoms with Crippen molar-refractivity contribution in [2.24, 2.45) is 0 Å². The summed E-state index contributed by atoms with van der Waals surface area (Å²) in [6, 6.07) is 30.4. The lowest BCUT2D eigenvalue weighted by Crippen LogP contribution is -2.15. The molecule has 1 amide bonds.